The molecule has 1 aliphatic rings. The van der Waals surface area contributed by atoms with E-state index in [1.165, 1.54) is 0 Å². The zero-order valence-corrected chi connectivity index (χ0v) is 22.2. The van der Waals surface area contributed by atoms with Gasteiger partial charge in [-0.2, -0.15) is 5.92 Å². The zero-order valence-electron chi connectivity index (χ0n) is 19.3. The van der Waals surface area contributed by atoms with Crippen LogP contribution >= 0.6 is 0 Å². The van der Waals surface area contributed by atoms with Gasteiger partial charge < -0.3 is 16.5 Å². The Hall–Kier alpha value is 0.734. The molecule has 0 bridgehead atoms. The fourth-order valence-corrected chi connectivity index (χ4v) is 1.65. The minimum atomic E-state index is 0. The van der Waals surface area contributed by atoms with Crippen molar-refractivity contribution in [1.82, 2.24) is 5.32 Å². The number of carbonyl (C=O) groups is 1. The number of Topliss-reactive ketones (excluding diaryl/α,β-unsaturated/α-hetero) is 1. The van der Waals surface area contributed by atoms with Crippen molar-refractivity contribution in [1.29, 1.82) is 0 Å². The van der Waals surface area contributed by atoms with Crippen molar-refractivity contribution in [2.24, 2.45) is 22.2 Å². The van der Waals surface area contributed by atoms with Crippen molar-refractivity contribution in [2.45, 2.75) is 109 Å². The number of ketones is 1. The van der Waals surface area contributed by atoms with Gasteiger partial charge in [-0.3, -0.25) is 0 Å². The summed E-state index contributed by atoms with van der Waals surface area (Å²) in [6.45, 7) is 27.1. The first-order chi connectivity index (χ1) is 10.4. The minimum Gasteiger partial charge on any atom is -0.338 e. The molecule has 0 aliphatic carbocycles. The maximum absolute atomic E-state index is 11.7. The van der Waals surface area contributed by atoms with Crippen molar-refractivity contribution >= 4 is 5.78 Å². The topological polar surface area (TPSA) is 29.1 Å². The largest absolute Gasteiger partial charge is 0.338 e. The number of nitrogens with one attached hydrogen (secondary N) is 1. The number of hydrogen-bond donors (Lipinski definition) is 1. The second-order valence-electron chi connectivity index (χ2n) is 11.6. The monoisotopic (exact) mass is 445 g/mol. The van der Waals surface area contributed by atoms with Gasteiger partial charge in [0.25, 0.3) is 0 Å². The third kappa shape index (κ3) is 35.8. The molecule has 0 aromatic heterocycles. The van der Waals surface area contributed by atoms with Crippen LogP contribution in [0.5, 0.6) is 0 Å². The van der Waals surface area contributed by atoms with Gasteiger partial charge in [0.05, 0.1) is 0 Å². The summed E-state index contributed by atoms with van der Waals surface area (Å²) >= 11 is 0. The first kappa shape index (κ1) is 34.3. The molecule has 1 rings (SSSR count). The molecule has 0 aromatic rings. The normalized spacial score (nSPS) is 19.7. The first-order valence-corrected chi connectivity index (χ1v) is 9.49. The SMILES string of the molecule is C.CC(C)(C)C.CC(C)(C)C.CC1[CH-]C(C(=O)CCC(C)(C)C)NC1.[Y]. The minimum absolute atomic E-state index is 0. The quantitative estimate of drug-likeness (QED) is 0.477. The van der Waals surface area contributed by atoms with E-state index in [2.05, 4.69) is 94.8 Å². The molecule has 1 N–H and O–H groups in total. The molecule has 0 saturated carbocycles. The summed E-state index contributed by atoms with van der Waals surface area (Å²) in [5.41, 5.74) is 1.26. The molecule has 1 heterocycles. The summed E-state index contributed by atoms with van der Waals surface area (Å²) in [6, 6.07) is 0.0207. The fourth-order valence-electron chi connectivity index (χ4n) is 1.65. The Morgan fingerprint density at radius 2 is 1.27 bits per heavy atom. The van der Waals surface area contributed by atoms with Crippen LogP contribution in [0.25, 0.3) is 0 Å². The van der Waals surface area contributed by atoms with E-state index in [1.807, 2.05) is 0 Å². The van der Waals surface area contributed by atoms with Crippen molar-refractivity contribution in [2.75, 3.05) is 6.54 Å². The summed E-state index contributed by atoms with van der Waals surface area (Å²) in [4.78, 5) is 11.7. The molecule has 3 heteroatoms. The van der Waals surface area contributed by atoms with Gasteiger partial charge in [-0.25, -0.2) is 0 Å². The molecule has 2 nitrogen and oxygen atoms in total. The van der Waals surface area contributed by atoms with Crippen LogP contribution in [0.3, 0.4) is 0 Å². The maximum atomic E-state index is 11.7. The van der Waals surface area contributed by atoms with Crippen molar-refractivity contribution in [3.8, 4) is 0 Å². The molecule has 0 aromatic carbocycles. The Balaban J connectivity index is -0.000000170. The molecule has 26 heavy (non-hydrogen) atoms. The van der Waals surface area contributed by atoms with Gasteiger partial charge in [0, 0.05) is 39.1 Å². The van der Waals surface area contributed by atoms with Gasteiger partial charge in [-0.05, 0) is 29.2 Å². The van der Waals surface area contributed by atoms with Crippen LogP contribution in [0.1, 0.15) is 103 Å². The van der Waals surface area contributed by atoms with Crippen LogP contribution in [0.15, 0.2) is 0 Å². The molecule has 2 atom stereocenters. The summed E-state index contributed by atoms with van der Waals surface area (Å²) in [6.07, 6.45) is 3.81. The van der Waals surface area contributed by atoms with Crippen LogP contribution in [0.4, 0.5) is 0 Å². The van der Waals surface area contributed by atoms with E-state index >= 15 is 0 Å². The standard InChI is InChI=1S/C12H22NO.2C5H12.CH4.Y/c1-9-7-10(13-8-9)11(14)5-6-12(2,3)4;2*1-5(2,3)4;;/h7,9-10,13H,5-6,8H2,1-4H3;2*1-4H3;1H4;/q-1;;;;. The van der Waals surface area contributed by atoms with Gasteiger partial charge in [0.1, 0.15) is 5.78 Å². The smallest absolute Gasteiger partial charge is 0.119 e. The Labute approximate surface area is 192 Å². The predicted octanol–water partition coefficient (Wildman–Crippen LogP) is 6.93. The van der Waals surface area contributed by atoms with Crippen LogP contribution in [-0.4, -0.2) is 18.4 Å². The molecule has 1 radical (unpaired) electrons. The first-order valence-electron chi connectivity index (χ1n) is 9.49. The third-order valence-electron chi connectivity index (χ3n) is 2.65. The summed E-state index contributed by atoms with van der Waals surface area (Å²) in [5, 5.41) is 3.24. The van der Waals surface area contributed by atoms with Crippen LogP contribution < -0.4 is 5.32 Å². The molecule has 157 valence electrons. The van der Waals surface area contributed by atoms with Crippen LogP contribution in [0.2, 0.25) is 0 Å². The van der Waals surface area contributed by atoms with E-state index in [0.29, 0.717) is 29.0 Å². The number of hydrogen-bond acceptors (Lipinski definition) is 2. The average Bonchev–Trinajstić information content (AvgIpc) is 2.67. The fraction of sp³-hybridized carbons (Fsp3) is 0.913. The van der Waals surface area contributed by atoms with Crippen molar-refractivity contribution in [3.63, 3.8) is 0 Å². The molecule has 2 unspecified atom stereocenters. The van der Waals surface area contributed by atoms with E-state index in [4.69, 9.17) is 0 Å². The summed E-state index contributed by atoms with van der Waals surface area (Å²) in [7, 11) is 0. The Morgan fingerprint density at radius 3 is 1.50 bits per heavy atom. The van der Waals surface area contributed by atoms with Gasteiger partial charge in [-0.1, -0.05) is 96.6 Å². The Bertz CT molecular complexity index is 321. The second kappa shape index (κ2) is 14.7. The van der Waals surface area contributed by atoms with Gasteiger partial charge >= 0.3 is 0 Å². The van der Waals surface area contributed by atoms with E-state index < -0.39 is 0 Å². The van der Waals surface area contributed by atoms with E-state index in [-0.39, 0.29) is 51.6 Å². The second-order valence-corrected chi connectivity index (χ2v) is 11.6. The van der Waals surface area contributed by atoms with Gasteiger partial charge in [0.15, 0.2) is 0 Å². The van der Waals surface area contributed by atoms with E-state index in [0.717, 1.165) is 13.0 Å². The Morgan fingerprint density at radius 1 is 0.923 bits per heavy atom. The van der Waals surface area contributed by atoms with Gasteiger partial charge in [0.2, 0.25) is 0 Å². The van der Waals surface area contributed by atoms with E-state index in [9.17, 15) is 4.79 Å². The number of rotatable bonds is 3. The molecule has 1 aliphatic heterocycles. The van der Waals surface area contributed by atoms with Crippen LogP contribution in [0, 0.1) is 28.6 Å². The molecular weight excluding hydrogens is 395 g/mol. The van der Waals surface area contributed by atoms with Crippen molar-refractivity contribution in [3.05, 3.63) is 6.42 Å². The summed E-state index contributed by atoms with van der Waals surface area (Å²) in [5.74, 6) is 0.892. The molecule has 0 amide bonds. The zero-order chi connectivity index (χ0) is 19.8. The molecule has 1 fully saturated rings. The maximum Gasteiger partial charge on any atom is 0.119 e. The van der Waals surface area contributed by atoms with Crippen molar-refractivity contribution < 1.29 is 37.5 Å². The summed E-state index contributed by atoms with van der Waals surface area (Å²) < 4.78 is 0. The molecular formula is C23H50NOY-. The Kier molecular flexibility index (Phi) is 19.4. The molecule has 1 saturated heterocycles. The third-order valence-corrected chi connectivity index (χ3v) is 2.65. The number of carbonyl (C=O) groups excluding carboxylic acids is 1. The van der Waals surface area contributed by atoms with E-state index in [1.54, 1.807) is 0 Å². The average molecular weight is 446 g/mol. The van der Waals surface area contributed by atoms with Gasteiger partial charge in [-0.15, -0.1) is 0 Å². The predicted molar refractivity (Wildman–Crippen MR) is 116 cm³/mol. The van der Waals surface area contributed by atoms with Crippen LogP contribution in [-0.2, 0) is 37.5 Å². The molecule has 0 spiro atoms.